The lowest BCUT2D eigenvalue weighted by molar-refractivity contribution is -0.142. The molecule has 1 atom stereocenters. The number of thioether (sulfide) groups is 1. The lowest BCUT2D eigenvalue weighted by Gasteiger charge is -2.17. The number of ether oxygens (including phenoxy) is 1. The Hall–Kier alpha value is -2.22. The van der Waals surface area contributed by atoms with Crippen molar-refractivity contribution >= 4 is 29.5 Å². The fourth-order valence-corrected chi connectivity index (χ4v) is 3.33. The largest absolute Gasteiger partial charge is 0.494 e. The molecule has 2 N–H and O–H groups in total. The van der Waals surface area contributed by atoms with Gasteiger partial charge in [0.25, 0.3) is 0 Å². The molecule has 2 amide bonds. The van der Waals surface area contributed by atoms with E-state index in [0.717, 1.165) is 11.3 Å². The second-order valence-corrected chi connectivity index (χ2v) is 6.64. The molecular formula is C17H22N2O5S. The van der Waals surface area contributed by atoms with E-state index in [0.29, 0.717) is 24.7 Å². The van der Waals surface area contributed by atoms with Gasteiger partial charge in [-0.2, -0.15) is 0 Å². The zero-order valence-corrected chi connectivity index (χ0v) is 14.9. The molecule has 8 heteroatoms. The SMILES string of the molecule is CCOc1ccc(CC(CNC(=O)CN2CSCC2=O)C(=O)O)cc1. The first kappa shape index (κ1) is 19.1. The molecular weight excluding hydrogens is 344 g/mol. The van der Waals surface area contributed by atoms with E-state index in [2.05, 4.69) is 5.32 Å². The second-order valence-electron chi connectivity index (χ2n) is 5.69. The quantitative estimate of drug-likeness (QED) is 0.676. The number of nitrogens with one attached hydrogen (secondary N) is 1. The Morgan fingerprint density at radius 2 is 2.08 bits per heavy atom. The number of carboxylic acid groups (broad SMARTS) is 1. The number of hydrogen-bond donors (Lipinski definition) is 2. The Balaban J connectivity index is 1.84. The maximum absolute atomic E-state index is 11.9. The van der Waals surface area contributed by atoms with Gasteiger partial charge in [-0.3, -0.25) is 14.4 Å². The number of carboxylic acids is 1. The van der Waals surface area contributed by atoms with E-state index in [4.69, 9.17) is 4.74 Å². The summed E-state index contributed by atoms with van der Waals surface area (Å²) in [6.45, 7) is 2.46. The minimum absolute atomic E-state index is 0.0244. The molecule has 2 rings (SSSR count). The van der Waals surface area contributed by atoms with Crippen LogP contribution in [-0.2, 0) is 20.8 Å². The van der Waals surface area contributed by atoms with Crippen LogP contribution in [0.1, 0.15) is 12.5 Å². The minimum atomic E-state index is -0.970. The van der Waals surface area contributed by atoms with Gasteiger partial charge in [-0.25, -0.2) is 0 Å². The molecule has 0 radical (unpaired) electrons. The highest BCUT2D eigenvalue weighted by Gasteiger charge is 2.24. The third-order valence-electron chi connectivity index (χ3n) is 3.77. The Morgan fingerprint density at radius 1 is 1.36 bits per heavy atom. The summed E-state index contributed by atoms with van der Waals surface area (Å²) in [4.78, 5) is 36.3. The molecule has 0 aliphatic carbocycles. The Morgan fingerprint density at radius 3 is 2.64 bits per heavy atom. The van der Waals surface area contributed by atoms with Crippen molar-refractivity contribution in [3.63, 3.8) is 0 Å². The summed E-state index contributed by atoms with van der Waals surface area (Å²) in [5.41, 5.74) is 0.858. The third kappa shape index (κ3) is 5.97. The Bertz CT molecular complexity index is 620. The van der Waals surface area contributed by atoms with Gasteiger partial charge in [0.2, 0.25) is 11.8 Å². The predicted molar refractivity (Wildman–Crippen MR) is 94.5 cm³/mol. The number of benzene rings is 1. The number of carbonyl (C=O) groups excluding carboxylic acids is 2. The highest BCUT2D eigenvalue weighted by molar-refractivity contribution is 8.00. The summed E-state index contributed by atoms with van der Waals surface area (Å²) in [6.07, 6.45) is 0.306. The van der Waals surface area contributed by atoms with Crippen molar-refractivity contribution in [2.45, 2.75) is 13.3 Å². The molecule has 136 valence electrons. The fourth-order valence-electron chi connectivity index (χ4n) is 2.43. The molecule has 1 saturated heterocycles. The molecule has 1 aliphatic rings. The second kappa shape index (κ2) is 9.31. The molecule has 1 heterocycles. The minimum Gasteiger partial charge on any atom is -0.494 e. The van der Waals surface area contributed by atoms with Crippen molar-refractivity contribution in [2.24, 2.45) is 5.92 Å². The van der Waals surface area contributed by atoms with Crippen LogP contribution in [0.2, 0.25) is 0 Å². The van der Waals surface area contributed by atoms with E-state index in [1.165, 1.54) is 16.7 Å². The van der Waals surface area contributed by atoms with Gasteiger partial charge in [0.15, 0.2) is 0 Å². The molecule has 0 spiro atoms. The molecule has 0 saturated carbocycles. The number of nitrogens with zero attached hydrogens (tertiary/aromatic N) is 1. The van der Waals surface area contributed by atoms with E-state index in [1.807, 2.05) is 19.1 Å². The lowest BCUT2D eigenvalue weighted by Crippen LogP contribution is -2.41. The number of aliphatic carboxylic acids is 1. The standard InChI is InChI=1S/C17H22N2O5S/c1-2-24-14-5-3-12(4-6-14)7-13(17(22)23)8-18-15(20)9-19-11-25-10-16(19)21/h3-6,13H,2,7-11H2,1H3,(H,18,20)(H,22,23). The van der Waals surface area contributed by atoms with Crippen LogP contribution in [0.15, 0.2) is 24.3 Å². The van der Waals surface area contributed by atoms with E-state index < -0.39 is 11.9 Å². The van der Waals surface area contributed by atoms with Crippen LogP contribution in [0.4, 0.5) is 0 Å². The van der Waals surface area contributed by atoms with Crippen molar-refractivity contribution in [1.82, 2.24) is 10.2 Å². The van der Waals surface area contributed by atoms with Crippen molar-refractivity contribution < 1.29 is 24.2 Å². The Kier molecular flexibility index (Phi) is 7.12. The number of rotatable bonds is 9. The smallest absolute Gasteiger partial charge is 0.308 e. The molecule has 1 aromatic rings. The maximum Gasteiger partial charge on any atom is 0.308 e. The van der Waals surface area contributed by atoms with Gasteiger partial charge in [-0.15, -0.1) is 11.8 Å². The average molecular weight is 366 g/mol. The summed E-state index contributed by atoms with van der Waals surface area (Å²) in [6, 6.07) is 7.24. The lowest BCUT2D eigenvalue weighted by atomic mass is 9.99. The molecule has 7 nitrogen and oxygen atoms in total. The first-order valence-corrected chi connectivity index (χ1v) is 9.21. The number of hydrogen-bond acceptors (Lipinski definition) is 5. The van der Waals surface area contributed by atoms with Crippen LogP contribution < -0.4 is 10.1 Å². The normalized spacial score (nSPS) is 15.1. The highest BCUT2D eigenvalue weighted by atomic mass is 32.2. The van der Waals surface area contributed by atoms with Gasteiger partial charge in [0.05, 0.1) is 24.2 Å². The van der Waals surface area contributed by atoms with E-state index >= 15 is 0 Å². The first-order valence-electron chi connectivity index (χ1n) is 8.06. The molecule has 25 heavy (non-hydrogen) atoms. The van der Waals surface area contributed by atoms with Gasteiger partial charge in [0.1, 0.15) is 12.3 Å². The average Bonchev–Trinajstić information content (AvgIpc) is 2.98. The van der Waals surface area contributed by atoms with Crippen LogP contribution in [0.3, 0.4) is 0 Å². The molecule has 1 fully saturated rings. The van der Waals surface area contributed by atoms with Crippen molar-refractivity contribution in [3.8, 4) is 5.75 Å². The van der Waals surface area contributed by atoms with Crippen molar-refractivity contribution in [1.29, 1.82) is 0 Å². The molecule has 1 aliphatic heterocycles. The van der Waals surface area contributed by atoms with Crippen molar-refractivity contribution in [3.05, 3.63) is 29.8 Å². The van der Waals surface area contributed by atoms with Gasteiger partial charge < -0.3 is 20.1 Å². The first-order chi connectivity index (χ1) is 12.0. The number of amides is 2. The molecule has 1 unspecified atom stereocenters. The van der Waals surface area contributed by atoms with Crippen LogP contribution in [-0.4, -0.2) is 59.1 Å². The summed E-state index contributed by atoms with van der Waals surface area (Å²) >= 11 is 1.46. The summed E-state index contributed by atoms with van der Waals surface area (Å²) < 4.78 is 5.36. The zero-order chi connectivity index (χ0) is 18.2. The van der Waals surface area contributed by atoms with Crippen molar-refractivity contribution in [2.75, 3.05) is 31.3 Å². The summed E-state index contributed by atoms with van der Waals surface area (Å²) in [5, 5.41) is 12.0. The zero-order valence-electron chi connectivity index (χ0n) is 14.1. The topological polar surface area (TPSA) is 95.9 Å². The third-order valence-corrected chi connectivity index (χ3v) is 4.72. The van der Waals surface area contributed by atoms with Crippen LogP contribution in [0.25, 0.3) is 0 Å². The Labute approximate surface area is 150 Å². The van der Waals surface area contributed by atoms with Gasteiger partial charge in [-0.1, -0.05) is 12.1 Å². The molecule has 1 aromatic carbocycles. The summed E-state index contributed by atoms with van der Waals surface area (Å²) in [7, 11) is 0. The molecule has 0 aromatic heterocycles. The predicted octanol–water partition coefficient (Wildman–Crippen LogP) is 0.978. The van der Waals surface area contributed by atoms with E-state index in [-0.39, 0.29) is 24.9 Å². The molecule has 0 bridgehead atoms. The highest BCUT2D eigenvalue weighted by Crippen LogP contribution is 2.16. The summed E-state index contributed by atoms with van der Waals surface area (Å²) in [5.74, 6) is -0.478. The number of carbonyl (C=O) groups is 3. The fraction of sp³-hybridized carbons (Fsp3) is 0.471. The van der Waals surface area contributed by atoms with E-state index in [9.17, 15) is 19.5 Å². The van der Waals surface area contributed by atoms with Gasteiger partial charge in [0, 0.05) is 6.54 Å². The van der Waals surface area contributed by atoms with Crippen LogP contribution >= 0.6 is 11.8 Å². The van der Waals surface area contributed by atoms with Gasteiger partial charge >= 0.3 is 5.97 Å². The maximum atomic E-state index is 11.9. The van der Waals surface area contributed by atoms with Gasteiger partial charge in [-0.05, 0) is 31.0 Å². The monoisotopic (exact) mass is 366 g/mol. The van der Waals surface area contributed by atoms with Crippen LogP contribution in [0.5, 0.6) is 5.75 Å². The van der Waals surface area contributed by atoms with Crippen LogP contribution in [0, 0.1) is 5.92 Å². The van der Waals surface area contributed by atoms with E-state index in [1.54, 1.807) is 12.1 Å².